The Kier molecular flexibility index (Phi) is 6.96. The summed E-state index contributed by atoms with van der Waals surface area (Å²) in [4.78, 5) is 40.6. The SMILES string of the molecule is CCc1nnc(NC(=O)CSc2nc3ccc(NC(=O)c4ccccc4C(=O)O)cc3s2)s1. The quantitative estimate of drug-likeness (QED) is 0.304. The average molecular weight is 500 g/mol. The van der Waals surface area contributed by atoms with Gasteiger partial charge in [0.2, 0.25) is 11.0 Å². The van der Waals surface area contributed by atoms with Crippen LogP contribution in [0.15, 0.2) is 46.8 Å². The molecule has 0 saturated carbocycles. The number of amides is 2. The first-order valence-electron chi connectivity index (χ1n) is 9.72. The van der Waals surface area contributed by atoms with Crippen LogP contribution in [0.4, 0.5) is 10.8 Å². The number of anilines is 2. The van der Waals surface area contributed by atoms with E-state index in [2.05, 4.69) is 25.8 Å². The van der Waals surface area contributed by atoms with Crippen molar-refractivity contribution in [2.75, 3.05) is 16.4 Å². The number of aryl methyl sites for hydroxylation is 1. The monoisotopic (exact) mass is 499 g/mol. The van der Waals surface area contributed by atoms with E-state index in [9.17, 15) is 19.5 Å². The molecule has 0 atom stereocenters. The Balaban J connectivity index is 1.40. The molecule has 0 aliphatic carbocycles. The maximum atomic E-state index is 12.6. The van der Waals surface area contributed by atoms with Gasteiger partial charge in [-0.15, -0.1) is 21.5 Å². The molecule has 168 valence electrons. The second-order valence-electron chi connectivity index (χ2n) is 6.66. The number of carbonyl (C=O) groups is 3. The molecule has 2 amide bonds. The lowest BCUT2D eigenvalue weighted by Crippen LogP contribution is -2.16. The van der Waals surface area contributed by atoms with Gasteiger partial charge in [0, 0.05) is 5.69 Å². The number of carboxylic acid groups (broad SMARTS) is 1. The maximum Gasteiger partial charge on any atom is 0.336 e. The fourth-order valence-electron chi connectivity index (χ4n) is 2.84. The Morgan fingerprint density at radius 3 is 2.55 bits per heavy atom. The minimum Gasteiger partial charge on any atom is -0.478 e. The van der Waals surface area contributed by atoms with Crippen LogP contribution in [0.2, 0.25) is 0 Å². The molecule has 3 N–H and O–H groups in total. The number of hydrogen-bond acceptors (Lipinski definition) is 9. The Morgan fingerprint density at radius 1 is 1.03 bits per heavy atom. The molecule has 0 bridgehead atoms. The summed E-state index contributed by atoms with van der Waals surface area (Å²) in [5.41, 5.74) is 1.28. The van der Waals surface area contributed by atoms with Gasteiger partial charge in [-0.05, 0) is 36.8 Å². The molecule has 4 rings (SSSR count). The molecule has 0 aliphatic heterocycles. The first kappa shape index (κ1) is 22.8. The summed E-state index contributed by atoms with van der Waals surface area (Å²) >= 11 is 4.06. The standard InChI is InChI=1S/C21H17N5O4S3/c1-2-17-25-26-20(33-17)24-16(27)10-31-21-23-14-8-7-11(9-15(14)32-21)22-18(28)12-5-3-4-6-13(12)19(29)30/h3-9H,2,10H2,1H3,(H,22,28)(H,29,30)(H,24,26,27). The van der Waals surface area contributed by atoms with Crippen molar-refractivity contribution in [3.63, 3.8) is 0 Å². The summed E-state index contributed by atoms with van der Waals surface area (Å²) in [5, 5.41) is 24.0. The number of nitrogens with zero attached hydrogens (tertiary/aromatic N) is 3. The molecule has 9 nitrogen and oxygen atoms in total. The van der Waals surface area contributed by atoms with Crippen LogP contribution in [0.3, 0.4) is 0 Å². The lowest BCUT2D eigenvalue weighted by Gasteiger charge is -2.07. The van der Waals surface area contributed by atoms with Crippen LogP contribution < -0.4 is 10.6 Å². The number of benzene rings is 2. The van der Waals surface area contributed by atoms with Crippen molar-refractivity contribution in [2.45, 2.75) is 17.7 Å². The van der Waals surface area contributed by atoms with Crippen molar-refractivity contribution < 1.29 is 19.5 Å². The Labute approximate surface area is 200 Å². The Bertz CT molecular complexity index is 1350. The van der Waals surface area contributed by atoms with Gasteiger partial charge < -0.3 is 10.4 Å². The molecule has 4 aromatic rings. The van der Waals surface area contributed by atoms with Crippen molar-refractivity contribution >= 4 is 73.3 Å². The zero-order valence-corrected chi connectivity index (χ0v) is 19.6. The summed E-state index contributed by atoms with van der Waals surface area (Å²) < 4.78 is 1.55. The van der Waals surface area contributed by atoms with Gasteiger partial charge in [-0.25, -0.2) is 9.78 Å². The molecular formula is C21H17N5O4S3. The van der Waals surface area contributed by atoms with Gasteiger partial charge in [-0.2, -0.15) is 0 Å². The van der Waals surface area contributed by atoms with Gasteiger partial charge in [0.15, 0.2) is 4.34 Å². The lowest BCUT2D eigenvalue weighted by atomic mass is 10.1. The van der Waals surface area contributed by atoms with Gasteiger partial charge >= 0.3 is 5.97 Å². The predicted octanol–water partition coefficient (Wildman–Crippen LogP) is 4.39. The number of fused-ring (bicyclic) bond motifs is 1. The molecule has 2 heterocycles. The highest BCUT2D eigenvalue weighted by molar-refractivity contribution is 8.01. The number of carboxylic acids is 1. The lowest BCUT2D eigenvalue weighted by molar-refractivity contribution is -0.113. The molecule has 2 aromatic heterocycles. The Morgan fingerprint density at radius 2 is 1.82 bits per heavy atom. The molecule has 0 spiro atoms. The normalized spacial score (nSPS) is 10.8. The third-order valence-corrected chi connectivity index (χ3v) is 7.52. The summed E-state index contributed by atoms with van der Waals surface area (Å²) in [6.07, 6.45) is 0.766. The number of hydrogen-bond donors (Lipinski definition) is 3. The van der Waals surface area contributed by atoms with E-state index in [4.69, 9.17) is 0 Å². The molecule has 12 heteroatoms. The van der Waals surface area contributed by atoms with Crippen LogP contribution >= 0.6 is 34.4 Å². The topological polar surface area (TPSA) is 134 Å². The van der Waals surface area contributed by atoms with E-state index in [1.807, 2.05) is 6.92 Å². The van der Waals surface area contributed by atoms with Gasteiger partial charge in [-0.1, -0.05) is 42.2 Å². The number of aromatic carboxylic acids is 1. The summed E-state index contributed by atoms with van der Waals surface area (Å²) in [6.45, 7) is 1.97. The number of carbonyl (C=O) groups excluding carboxylic acids is 2. The van der Waals surface area contributed by atoms with Crippen LogP contribution in [0, 0.1) is 0 Å². The number of nitrogens with one attached hydrogen (secondary N) is 2. The van der Waals surface area contributed by atoms with Crippen molar-refractivity contribution in [1.29, 1.82) is 0 Å². The van der Waals surface area contributed by atoms with Crippen LogP contribution in [-0.2, 0) is 11.2 Å². The zero-order valence-electron chi connectivity index (χ0n) is 17.2. The van der Waals surface area contributed by atoms with Crippen LogP contribution in [0.25, 0.3) is 10.2 Å². The molecule has 0 unspecified atom stereocenters. The van der Waals surface area contributed by atoms with Crippen molar-refractivity contribution in [3.05, 3.63) is 58.6 Å². The molecule has 0 saturated heterocycles. The Hall–Kier alpha value is -3.35. The highest BCUT2D eigenvalue weighted by atomic mass is 32.2. The summed E-state index contributed by atoms with van der Waals surface area (Å²) in [7, 11) is 0. The van der Waals surface area contributed by atoms with E-state index in [0.717, 1.165) is 21.6 Å². The first-order chi connectivity index (χ1) is 15.9. The van der Waals surface area contributed by atoms with E-state index in [1.165, 1.54) is 46.6 Å². The minimum atomic E-state index is -1.17. The van der Waals surface area contributed by atoms with Crippen molar-refractivity contribution in [2.24, 2.45) is 0 Å². The average Bonchev–Trinajstić information content (AvgIpc) is 3.43. The van der Waals surface area contributed by atoms with Crippen molar-refractivity contribution in [1.82, 2.24) is 15.2 Å². The van der Waals surface area contributed by atoms with E-state index >= 15 is 0 Å². The van der Waals surface area contributed by atoms with Crippen LogP contribution in [0.5, 0.6) is 0 Å². The second kappa shape index (κ2) is 10.1. The van der Waals surface area contributed by atoms with E-state index < -0.39 is 11.9 Å². The molecular weight excluding hydrogens is 482 g/mol. The predicted molar refractivity (Wildman–Crippen MR) is 130 cm³/mol. The second-order valence-corrected chi connectivity index (χ2v) is 9.97. The number of aromatic nitrogens is 3. The fraction of sp³-hybridized carbons (Fsp3) is 0.143. The zero-order chi connectivity index (χ0) is 23.4. The fourth-order valence-corrected chi connectivity index (χ4v) is 5.44. The van der Waals surface area contributed by atoms with E-state index in [-0.39, 0.29) is 22.8 Å². The first-order valence-corrected chi connectivity index (χ1v) is 12.3. The summed E-state index contributed by atoms with van der Waals surface area (Å²) in [6, 6.07) is 11.3. The van der Waals surface area contributed by atoms with Crippen molar-refractivity contribution in [3.8, 4) is 0 Å². The molecule has 0 radical (unpaired) electrons. The molecule has 0 fully saturated rings. The number of thiazole rings is 1. The summed E-state index contributed by atoms with van der Waals surface area (Å²) in [5.74, 6) is -1.69. The number of thioether (sulfide) groups is 1. The molecule has 0 aliphatic rings. The van der Waals surface area contributed by atoms with E-state index in [1.54, 1.807) is 30.3 Å². The third kappa shape index (κ3) is 5.53. The highest BCUT2D eigenvalue weighted by Gasteiger charge is 2.16. The van der Waals surface area contributed by atoms with E-state index in [0.29, 0.717) is 15.2 Å². The number of rotatable bonds is 8. The third-order valence-electron chi connectivity index (χ3n) is 4.37. The molecule has 33 heavy (non-hydrogen) atoms. The maximum absolute atomic E-state index is 12.6. The van der Waals surface area contributed by atoms with Crippen LogP contribution in [-0.4, -0.2) is 43.8 Å². The van der Waals surface area contributed by atoms with Gasteiger partial charge in [0.25, 0.3) is 5.91 Å². The highest BCUT2D eigenvalue weighted by Crippen LogP contribution is 2.31. The van der Waals surface area contributed by atoms with Gasteiger partial charge in [0.1, 0.15) is 5.01 Å². The van der Waals surface area contributed by atoms with Gasteiger partial charge in [-0.3, -0.25) is 14.9 Å². The van der Waals surface area contributed by atoms with Gasteiger partial charge in [0.05, 0.1) is 27.1 Å². The minimum absolute atomic E-state index is 0.0646. The molecule has 2 aromatic carbocycles. The largest absolute Gasteiger partial charge is 0.478 e. The van der Waals surface area contributed by atoms with Crippen LogP contribution in [0.1, 0.15) is 32.6 Å². The smallest absolute Gasteiger partial charge is 0.336 e.